The maximum absolute atomic E-state index is 13.5. The molecule has 1 unspecified atom stereocenters. The van der Waals surface area contributed by atoms with E-state index in [-0.39, 0.29) is 58.0 Å². The summed E-state index contributed by atoms with van der Waals surface area (Å²) < 4.78 is 38.0. The van der Waals surface area contributed by atoms with Crippen LogP contribution in [0.2, 0.25) is 10.0 Å². The number of amides is 1. The number of carbonyl (C=O) groups excluding carboxylic acids is 2. The van der Waals surface area contributed by atoms with E-state index >= 15 is 0 Å². The Hall–Kier alpha value is -4.37. The molecule has 0 spiro atoms. The Morgan fingerprint density at radius 1 is 1.02 bits per heavy atom. The van der Waals surface area contributed by atoms with Crippen LogP contribution in [0.1, 0.15) is 53.9 Å². The maximum Gasteiger partial charge on any atom is 0.472 e. The zero-order valence-corrected chi connectivity index (χ0v) is 31.1. The summed E-state index contributed by atoms with van der Waals surface area (Å²) in [4.78, 5) is 45.1. The number of β-amino-alcohol motifs (C(OH)–C–C–N with tert-alkyl or cyclic N) is 1. The van der Waals surface area contributed by atoms with Crippen LogP contribution in [-0.2, 0) is 27.0 Å². The molecule has 0 saturated carbocycles. The molecule has 53 heavy (non-hydrogen) atoms. The van der Waals surface area contributed by atoms with Crippen LogP contribution < -0.4 is 19.9 Å². The van der Waals surface area contributed by atoms with Gasteiger partial charge in [0.2, 0.25) is 0 Å². The lowest BCUT2D eigenvalue weighted by Gasteiger charge is -2.23. The highest BCUT2D eigenvalue weighted by Crippen LogP contribution is 2.36. The number of phenolic OH excluding ortho intramolecular Hbond substituents is 1. The molecule has 0 aliphatic rings. The highest BCUT2D eigenvalue weighted by atomic mass is 35.5. The molecule has 1 amide bonds. The number of benzene rings is 3. The Morgan fingerprint density at radius 3 is 2.34 bits per heavy atom. The predicted octanol–water partition coefficient (Wildman–Crippen LogP) is 5.87. The second-order valence-electron chi connectivity index (χ2n) is 13.2. The SMILES string of the molecule is CC(C)(C)NCC(O)c1ccc(C[n+]2cc(Cl)c(NC(=O)C(=O)c3cn(Cc4ccc(F)cc4)c4ccc(O)cc34)c(Cl)c2)c(OCOP(=O)(O)O)c1. The molecule has 6 N–H and O–H groups in total. The van der Waals surface area contributed by atoms with E-state index in [4.69, 9.17) is 37.7 Å². The lowest BCUT2D eigenvalue weighted by atomic mass is 10.0. The molecular formula is C36H37Cl2FN4O9P+. The fourth-order valence-electron chi connectivity index (χ4n) is 5.38. The number of phosphoric ester groups is 1. The van der Waals surface area contributed by atoms with E-state index in [1.165, 1.54) is 48.9 Å². The molecule has 0 aliphatic heterocycles. The van der Waals surface area contributed by atoms with Crippen molar-refractivity contribution in [3.8, 4) is 11.5 Å². The number of aromatic nitrogens is 2. The van der Waals surface area contributed by atoms with Crippen molar-refractivity contribution in [3.63, 3.8) is 0 Å². The van der Waals surface area contributed by atoms with Crippen molar-refractivity contribution in [1.82, 2.24) is 9.88 Å². The lowest BCUT2D eigenvalue weighted by molar-refractivity contribution is -0.688. The van der Waals surface area contributed by atoms with Gasteiger partial charge in [0, 0.05) is 35.7 Å². The Balaban J connectivity index is 1.36. The number of nitrogens with zero attached hydrogens (tertiary/aromatic N) is 2. The minimum absolute atomic E-state index is 0.00626. The molecule has 0 fully saturated rings. The number of carbonyl (C=O) groups is 2. The van der Waals surface area contributed by atoms with Gasteiger partial charge in [-0.2, -0.15) is 4.57 Å². The van der Waals surface area contributed by atoms with Crippen molar-refractivity contribution >= 4 is 59.3 Å². The first-order valence-electron chi connectivity index (χ1n) is 16.1. The number of Topliss-reactive ketones (excluding diaryl/α,β-unsaturated/α-hetero) is 1. The van der Waals surface area contributed by atoms with Gasteiger partial charge in [0.15, 0.2) is 25.7 Å². The number of pyridine rings is 1. The van der Waals surface area contributed by atoms with Gasteiger partial charge >= 0.3 is 7.82 Å². The molecular weight excluding hydrogens is 753 g/mol. The van der Waals surface area contributed by atoms with Gasteiger partial charge in [-0.1, -0.05) is 41.4 Å². The van der Waals surface area contributed by atoms with Crippen LogP contribution >= 0.6 is 31.0 Å². The van der Waals surface area contributed by atoms with Crippen LogP contribution in [0.15, 0.2) is 79.3 Å². The summed E-state index contributed by atoms with van der Waals surface area (Å²) in [5.41, 5.74) is 1.95. The Morgan fingerprint density at radius 2 is 1.70 bits per heavy atom. The number of aromatic hydroxyl groups is 1. The number of halogens is 3. The van der Waals surface area contributed by atoms with Gasteiger partial charge in [0.25, 0.3) is 11.7 Å². The van der Waals surface area contributed by atoms with Crippen LogP contribution in [0.5, 0.6) is 11.5 Å². The monoisotopic (exact) mass is 789 g/mol. The van der Waals surface area contributed by atoms with Crippen LogP contribution in [0, 0.1) is 5.82 Å². The third-order valence-electron chi connectivity index (χ3n) is 7.95. The van der Waals surface area contributed by atoms with Crippen molar-refractivity contribution in [1.29, 1.82) is 0 Å². The van der Waals surface area contributed by atoms with Gasteiger partial charge in [0.1, 0.15) is 27.4 Å². The average molecular weight is 791 g/mol. The van der Waals surface area contributed by atoms with Crippen LogP contribution in [-0.4, -0.2) is 55.1 Å². The lowest BCUT2D eigenvalue weighted by Crippen LogP contribution is -2.38. The second-order valence-corrected chi connectivity index (χ2v) is 15.2. The number of aliphatic hydroxyl groups is 1. The second kappa shape index (κ2) is 16.3. The van der Waals surface area contributed by atoms with Gasteiger partial charge in [-0.05, 0) is 74.4 Å². The normalized spacial score (nSPS) is 12.5. The fourth-order valence-corrected chi connectivity index (χ4v) is 6.16. The van der Waals surface area contributed by atoms with Crippen molar-refractivity contribution in [2.45, 2.75) is 45.5 Å². The molecule has 0 saturated heterocycles. The van der Waals surface area contributed by atoms with Crippen LogP contribution in [0.4, 0.5) is 10.1 Å². The number of anilines is 1. The first-order valence-corrected chi connectivity index (χ1v) is 18.3. The number of rotatable bonds is 14. The molecule has 2 heterocycles. The average Bonchev–Trinajstić information content (AvgIpc) is 3.42. The van der Waals surface area contributed by atoms with Gasteiger partial charge < -0.3 is 39.9 Å². The summed E-state index contributed by atoms with van der Waals surface area (Å²) >= 11 is 13.1. The number of hydrogen-bond acceptors (Lipinski definition) is 8. The molecule has 0 aliphatic carbocycles. The van der Waals surface area contributed by atoms with Crippen LogP contribution in [0.25, 0.3) is 10.9 Å². The number of fused-ring (bicyclic) bond motifs is 1. The summed E-state index contributed by atoms with van der Waals surface area (Å²) in [6.45, 7) is 5.60. The van der Waals surface area contributed by atoms with Gasteiger partial charge in [0.05, 0.1) is 22.9 Å². The highest BCUT2D eigenvalue weighted by molar-refractivity contribution is 7.46. The van der Waals surface area contributed by atoms with E-state index in [0.29, 0.717) is 22.0 Å². The quantitative estimate of drug-likeness (QED) is 0.0262. The highest BCUT2D eigenvalue weighted by Gasteiger charge is 2.26. The minimum atomic E-state index is -4.84. The number of hydrogen-bond donors (Lipinski definition) is 6. The first-order chi connectivity index (χ1) is 24.9. The molecule has 1 atom stereocenters. The summed E-state index contributed by atoms with van der Waals surface area (Å²) in [7, 11) is -4.84. The Bertz CT molecular complexity index is 2180. The summed E-state index contributed by atoms with van der Waals surface area (Å²) in [5, 5.41) is 26.9. The topological polar surface area (TPSA) is 183 Å². The van der Waals surface area contributed by atoms with Crippen molar-refractivity contribution < 1.29 is 52.4 Å². The number of ketones is 1. The Labute approximate surface area is 313 Å². The number of phosphoric acid groups is 1. The van der Waals surface area contributed by atoms with Gasteiger partial charge in [-0.25, -0.2) is 13.5 Å². The number of phenols is 1. The van der Waals surface area contributed by atoms with E-state index in [1.54, 1.807) is 39.5 Å². The summed E-state index contributed by atoms with van der Waals surface area (Å²) in [6.07, 6.45) is 3.42. The molecule has 17 heteroatoms. The largest absolute Gasteiger partial charge is 0.508 e. The van der Waals surface area contributed by atoms with E-state index in [2.05, 4.69) is 15.2 Å². The molecule has 0 radical (unpaired) electrons. The van der Waals surface area contributed by atoms with E-state index in [0.717, 1.165) is 5.56 Å². The molecule has 5 rings (SSSR count). The van der Waals surface area contributed by atoms with E-state index in [1.807, 2.05) is 20.8 Å². The third-order valence-corrected chi connectivity index (χ3v) is 8.96. The molecule has 0 bridgehead atoms. The molecule has 3 aromatic carbocycles. The smallest absolute Gasteiger partial charge is 0.472 e. The molecule has 280 valence electrons. The zero-order chi connectivity index (χ0) is 38.7. The van der Waals surface area contributed by atoms with Gasteiger partial charge in [-0.3, -0.25) is 9.59 Å². The predicted molar refractivity (Wildman–Crippen MR) is 196 cm³/mol. The molecule has 2 aromatic heterocycles. The minimum Gasteiger partial charge on any atom is -0.508 e. The number of aliphatic hydroxyl groups excluding tert-OH is 1. The Kier molecular flexibility index (Phi) is 12.3. The first kappa shape index (κ1) is 39.8. The van der Waals surface area contributed by atoms with Crippen molar-refractivity contribution in [3.05, 3.63) is 117 Å². The molecule has 13 nitrogen and oxygen atoms in total. The van der Waals surface area contributed by atoms with E-state index < -0.39 is 38.2 Å². The number of nitrogens with one attached hydrogen (secondary N) is 2. The zero-order valence-electron chi connectivity index (χ0n) is 28.7. The third kappa shape index (κ3) is 10.6. The van der Waals surface area contributed by atoms with Crippen molar-refractivity contribution in [2.75, 3.05) is 18.7 Å². The molecule has 5 aromatic rings. The standard InChI is InChI=1S/C36H36Cl2FN4O9P/c1-36(2,3)40-14-31(45)22-6-7-23(32(12-22)51-20-52-53(48,49)50)16-42-18-28(37)33(29(38)19-42)41-35(47)34(46)27-17-43(15-21-4-8-24(39)9-5-21)30-11-10-25(44)13-26(27)30/h4-13,17-19,31,40,45H,14-16,20H2,1-3H3,(H3,44,48,49,50)/p+1. The van der Waals surface area contributed by atoms with E-state index in [9.17, 15) is 28.8 Å². The van der Waals surface area contributed by atoms with Crippen LogP contribution in [0.3, 0.4) is 0 Å². The summed E-state index contributed by atoms with van der Waals surface area (Å²) in [5.74, 6) is -2.34. The van der Waals surface area contributed by atoms with Crippen molar-refractivity contribution in [2.24, 2.45) is 0 Å². The maximum atomic E-state index is 13.5. The summed E-state index contributed by atoms with van der Waals surface area (Å²) in [6, 6.07) is 15.1. The number of ether oxygens (including phenoxy) is 1. The fraction of sp³-hybridized carbons (Fsp3) is 0.250. The van der Waals surface area contributed by atoms with Gasteiger partial charge in [-0.15, -0.1) is 0 Å².